The number of anilines is 2. The fourth-order valence-electron chi connectivity index (χ4n) is 4.02. The molecule has 5 rings (SSSR count). The van der Waals surface area contributed by atoms with Crippen molar-refractivity contribution in [1.82, 2.24) is 10.3 Å². The van der Waals surface area contributed by atoms with Crippen LogP contribution in [0.4, 0.5) is 11.7 Å². The van der Waals surface area contributed by atoms with Gasteiger partial charge in [0.05, 0.1) is 17.2 Å². The fourth-order valence-corrected chi connectivity index (χ4v) is 4.02. The third kappa shape index (κ3) is 5.03. The number of aromatic nitrogens is 1. The summed E-state index contributed by atoms with van der Waals surface area (Å²) in [6, 6.07) is 15.1. The van der Waals surface area contributed by atoms with E-state index in [-0.39, 0.29) is 17.9 Å². The number of nitrogens with one attached hydrogen (secondary N) is 2. The van der Waals surface area contributed by atoms with Gasteiger partial charge in [0.1, 0.15) is 5.52 Å². The molecule has 9 nitrogen and oxygen atoms in total. The minimum atomic E-state index is -0.482. The van der Waals surface area contributed by atoms with Gasteiger partial charge in [0.2, 0.25) is 0 Å². The van der Waals surface area contributed by atoms with Crippen molar-refractivity contribution in [1.29, 1.82) is 0 Å². The zero-order valence-electron chi connectivity index (χ0n) is 18.7. The molecule has 1 saturated carbocycles. The first-order valence-electron chi connectivity index (χ1n) is 11.5. The lowest BCUT2D eigenvalue weighted by Crippen LogP contribution is -2.37. The zero-order chi connectivity index (χ0) is 23.5. The third-order valence-corrected chi connectivity index (χ3v) is 6.09. The topological polar surface area (TPSA) is 114 Å². The SMILES string of the molecule is O=C(COC(=O)C1CCN(c2nc3ccccc3o2)CC1)Nc1ccccc1C(=O)NC1CC1. The summed E-state index contributed by atoms with van der Waals surface area (Å²) in [5.74, 6) is -1.39. The van der Waals surface area contributed by atoms with Crippen molar-refractivity contribution < 1.29 is 23.5 Å². The number of hydrogen-bond acceptors (Lipinski definition) is 7. The lowest BCUT2D eigenvalue weighted by molar-refractivity contribution is -0.152. The van der Waals surface area contributed by atoms with Gasteiger partial charge in [0.15, 0.2) is 12.2 Å². The van der Waals surface area contributed by atoms with E-state index in [4.69, 9.17) is 9.15 Å². The number of carbonyl (C=O) groups excluding carboxylic acids is 3. The molecular formula is C25H26N4O5. The van der Waals surface area contributed by atoms with E-state index in [1.807, 2.05) is 29.2 Å². The Morgan fingerprint density at radius 2 is 1.74 bits per heavy atom. The highest BCUT2D eigenvalue weighted by molar-refractivity contribution is 6.04. The molecule has 1 aliphatic carbocycles. The van der Waals surface area contributed by atoms with Gasteiger partial charge in [-0.05, 0) is 49.9 Å². The van der Waals surface area contributed by atoms with Crippen LogP contribution < -0.4 is 15.5 Å². The second-order valence-electron chi connectivity index (χ2n) is 8.67. The highest BCUT2D eigenvalue weighted by atomic mass is 16.5. The first-order valence-corrected chi connectivity index (χ1v) is 11.5. The highest BCUT2D eigenvalue weighted by Gasteiger charge is 2.29. The van der Waals surface area contributed by atoms with Crippen LogP contribution in [0.25, 0.3) is 11.1 Å². The molecule has 2 amide bonds. The number of esters is 1. The van der Waals surface area contributed by atoms with Crippen LogP contribution in [0.2, 0.25) is 0 Å². The van der Waals surface area contributed by atoms with E-state index in [1.165, 1.54) is 0 Å². The van der Waals surface area contributed by atoms with Crippen LogP contribution in [0.5, 0.6) is 0 Å². The van der Waals surface area contributed by atoms with Crippen LogP contribution in [0.3, 0.4) is 0 Å². The number of nitrogens with zero attached hydrogens (tertiary/aromatic N) is 2. The minimum Gasteiger partial charge on any atom is -0.455 e. The lowest BCUT2D eigenvalue weighted by atomic mass is 9.97. The van der Waals surface area contributed by atoms with E-state index in [2.05, 4.69) is 15.6 Å². The van der Waals surface area contributed by atoms with Crippen molar-refractivity contribution in [2.45, 2.75) is 31.7 Å². The Balaban J connectivity index is 1.10. The van der Waals surface area contributed by atoms with Crippen LogP contribution in [0, 0.1) is 5.92 Å². The molecule has 0 spiro atoms. The van der Waals surface area contributed by atoms with Crippen LogP contribution in [0.1, 0.15) is 36.0 Å². The molecule has 0 bridgehead atoms. The number of piperidine rings is 1. The second-order valence-corrected chi connectivity index (χ2v) is 8.67. The first kappa shape index (κ1) is 21.9. The van der Waals surface area contributed by atoms with Crippen LogP contribution in [-0.4, -0.2) is 48.5 Å². The van der Waals surface area contributed by atoms with Gasteiger partial charge in [-0.25, -0.2) is 0 Å². The average molecular weight is 463 g/mol. The van der Waals surface area contributed by atoms with Crippen molar-refractivity contribution in [3.63, 3.8) is 0 Å². The van der Waals surface area contributed by atoms with E-state index < -0.39 is 18.5 Å². The molecule has 1 aromatic heterocycles. The van der Waals surface area contributed by atoms with Gasteiger partial charge in [-0.1, -0.05) is 24.3 Å². The van der Waals surface area contributed by atoms with E-state index in [1.54, 1.807) is 24.3 Å². The number of para-hydroxylation sites is 3. The number of carbonyl (C=O) groups is 3. The predicted octanol–water partition coefficient (Wildman–Crippen LogP) is 3.12. The Morgan fingerprint density at radius 1 is 1.00 bits per heavy atom. The largest absolute Gasteiger partial charge is 0.455 e. The normalized spacial score (nSPS) is 16.3. The number of rotatable bonds is 7. The number of ether oxygens (including phenoxy) is 1. The van der Waals surface area contributed by atoms with E-state index >= 15 is 0 Å². The highest BCUT2D eigenvalue weighted by Crippen LogP contribution is 2.27. The summed E-state index contributed by atoms with van der Waals surface area (Å²) >= 11 is 0. The second kappa shape index (κ2) is 9.54. The first-order chi connectivity index (χ1) is 16.6. The summed E-state index contributed by atoms with van der Waals surface area (Å²) in [6.07, 6.45) is 3.13. The summed E-state index contributed by atoms with van der Waals surface area (Å²) in [4.78, 5) is 43.8. The predicted molar refractivity (Wildman–Crippen MR) is 125 cm³/mol. The summed E-state index contributed by atoms with van der Waals surface area (Å²) in [6.45, 7) is 0.827. The molecule has 2 aliphatic rings. The summed E-state index contributed by atoms with van der Waals surface area (Å²) in [5, 5.41) is 5.59. The van der Waals surface area contributed by atoms with Gasteiger partial charge in [-0.3, -0.25) is 14.4 Å². The average Bonchev–Trinajstić information content (AvgIpc) is 3.57. The fraction of sp³-hybridized carbons (Fsp3) is 0.360. The molecule has 2 heterocycles. The Kier molecular flexibility index (Phi) is 6.16. The van der Waals surface area contributed by atoms with Gasteiger partial charge >= 0.3 is 5.97 Å². The molecule has 176 valence electrons. The molecule has 0 unspecified atom stereocenters. The van der Waals surface area contributed by atoms with Gasteiger partial charge < -0.3 is 24.7 Å². The maximum Gasteiger partial charge on any atom is 0.309 e. The van der Waals surface area contributed by atoms with E-state index in [0.29, 0.717) is 43.2 Å². The zero-order valence-corrected chi connectivity index (χ0v) is 18.7. The number of amides is 2. The van der Waals surface area contributed by atoms with Crippen molar-refractivity contribution in [3.8, 4) is 0 Å². The van der Waals surface area contributed by atoms with E-state index in [9.17, 15) is 14.4 Å². The van der Waals surface area contributed by atoms with Crippen molar-refractivity contribution >= 4 is 40.6 Å². The standard InChI is InChI=1S/C25H26N4O5/c30-22(27-19-6-2-1-5-18(19)23(31)26-17-9-10-17)15-33-24(32)16-11-13-29(14-12-16)25-28-20-7-3-4-8-21(20)34-25/h1-8,16-17H,9-15H2,(H,26,31)(H,27,30). The molecule has 9 heteroatoms. The molecule has 2 N–H and O–H groups in total. The number of hydrogen-bond donors (Lipinski definition) is 2. The quantitative estimate of drug-likeness (QED) is 0.519. The van der Waals surface area contributed by atoms with Crippen LogP contribution >= 0.6 is 0 Å². The van der Waals surface area contributed by atoms with Crippen molar-refractivity contribution in [3.05, 3.63) is 54.1 Å². The molecule has 1 aliphatic heterocycles. The number of fused-ring (bicyclic) bond motifs is 1. The van der Waals surface area contributed by atoms with Gasteiger partial charge in [-0.2, -0.15) is 4.98 Å². The maximum atomic E-state index is 12.5. The Bertz CT molecular complexity index is 1180. The summed E-state index contributed by atoms with van der Waals surface area (Å²) < 4.78 is 11.1. The van der Waals surface area contributed by atoms with Gasteiger partial charge in [-0.15, -0.1) is 0 Å². The third-order valence-electron chi connectivity index (χ3n) is 6.09. The smallest absolute Gasteiger partial charge is 0.309 e. The van der Waals surface area contributed by atoms with Gasteiger partial charge in [0, 0.05) is 19.1 Å². The molecule has 0 atom stereocenters. The molecular weight excluding hydrogens is 436 g/mol. The number of oxazole rings is 1. The molecule has 2 fully saturated rings. The molecule has 34 heavy (non-hydrogen) atoms. The Hall–Kier alpha value is -3.88. The molecule has 2 aromatic carbocycles. The van der Waals surface area contributed by atoms with Crippen LogP contribution in [0.15, 0.2) is 52.9 Å². The minimum absolute atomic E-state index is 0.214. The maximum absolute atomic E-state index is 12.5. The molecule has 0 radical (unpaired) electrons. The van der Waals surface area contributed by atoms with Gasteiger partial charge in [0.25, 0.3) is 17.8 Å². The van der Waals surface area contributed by atoms with Crippen LogP contribution in [-0.2, 0) is 14.3 Å². The van der Waals surface area contributed by atoms with Crippen molar-refractivity contribution in [2.24, 2.45) is 5.92 Å². The van der Waals surface area contributed by atoms with E-state index in [0.717, 1.165) is 23.9 Å². The molecule has 3 aromatic rings. The summed E-state index contributed by atoms with van der Waals surface area (Å²) in [7, 11) is 0. The monoisotopic (exact) mass is 462 g/mol. The Morgan fingerprint density at radius 3 is 2.50 bits per heavy atom. The number of benzene rings is 2. The molecule has 1 saturated heterocycles. The Labute approximate surface area is 196 Å². The van der Waals surface area contributed by atoms with Crippen molar-refractivity contribution in [2.75, 3.05) is 29.9 Å². The lowest BCUT2D eigenvalue weighted by Gasteiger charge is -2.29. The summed E-state index contributed by atoms with van der Waals surface area (Å²) in [5.41, 5.74) is 2.32.